The van der Waals surface area contributed by atoms with Crippen LogP contribution in [0.3, 0.4) is 0 Å². The maximum Gasteiger partial charge on any atom is 0.274 e. The number of benzene rings is 1. The lowest BCUT2D eigenvalue weighted by Crippen LogP contribution is -2.46. The van der Waals surface area contributed by atoms with Gasteiger partial charge in [-0.1, -0.05) is 0 Å². The summed E-state index contributed by atoms with van der Waals surface area (Å²) in [7, 11) is 1.64. The van der Waals surface area contributed by atoms with Crippen LogP contribution in [0.25, 0.3) is 10.9 Å². The van der Waals surface area contributed by atoms with Crippen LogP contribution in [0.5, 0.6) is 5.75 Å². The van der Waals surface area contributed by atoms with Gasteiger partial charge in [-0.05, 0) is 6.07 Å². The average Bonchev–Trinajstić information content (AvgIpc) is 3.08. The van der Waals surface area contributed by atoms with E-state index in [0.717, 1.165) is 12.1 Å². The SMILES string of the molecule is Cl.Cn1c(C(=O)N2CCNCC2)c(OCCOCCOCCOCCO)c2cc(F)c(F)cc21. The lowest BCUT2D eigenvalue weighted by Gasteiger charge is -2.27. The zero-order valence-electron chi connectivity index (χ0n) is 19.2. The fourth-order valence-corrected chi connectivity index (χ4v) is 3.61. The Hall–Kier alpha value is -2.02. The monoisotopic (exact) mass is 507 g/mol. The van der Waals surface area contributed by atoms with E-state index in [2.05, 4.69) is 5.32 Å². The summed E-state index contributed by atoms with van der Waals surface area (Å²) in [4.78, 5) is 14.9. The molecule has 1 aliphatic rings. The highest BCUT2D eigenvalue weighted by molar-refractivity contribution is 6.04. The summed E-state index contributed by atoms with van der Waals surface area (Å²) in [6, 6.07) is 2.13. The minimum absolute atomic E-state index is 0. The minimum Gasteiger partial charge on any atom is -0.488 e. The highest BCUT2D eigenvalue weighted by Crippen LogP contribution is 2.35. The number of carbonyl (C=O) groups excluding carboxylic acids is 1. The molecule has 0 saturated carbocycles. The number of aryl methyl sites for hydroxylation is 1. The Labute approximate surface area is 203 Å². The summed E-state index contributed by atoms with van der Waals surface area (Å²) in [6.07, 6.45) is 0. The largest absolute Gasteiger partial charge is 0.488 e. The molecule has 192 valence electrons. The molecule has 1 aromatic heterocycles. The van der Waals surface area contributed by atoms with Gasteiger partial charge in [-0.25, -0.2) is 8.78 Å². The van der Waals surface area contributed by atoms with Gasteiger partial charge in [0.1, 0.15) is 6.61 Å². The van der Waals surface area contributed by atoms with Gasteiger partial charge in [-0.2, -0.15) is 0 Å². The molecule has 1 aromatic carbocycles. The number of nitrogens with one attached hydrogen (secondary N) is 1. The summed E-state index contributed by atoms with van der Waals surface area (Å²) in [5, 5.41) is 12.1. The van der Waals surface area contributed by atoms with Crippen molar-refractivity contribution in [3.05, 3.63) is 29.5 Å². The van der Waals surface area contributed by atoms with Crippen molar-refractivity contribution in [1.82, 2.24) is 14.8 Å². The van der Waals surface area contributed by atoms with Crippen LogP contribution in [0.2, 0.25) is 0 Å². The molecule has 0 radical (unpaired) electrons. The molecule has 9 nitrogen and oxygen atoms in total. The van der Waals surface area contributed by atoms with E-state index in [1.807, 2.05) is 0 Å². The number of hydrogen-bond donors (Lipinski definition) is 2. The van der Waals surface area contributed by atoms with Crippen molar-refractivity contribution >= 4 is 29.2 Å². The summed E-state index contributed by atoms with van der Waals surface area (Å²) >= 11 is 0. The Morgan fingerprint density at radius 1 is 0.971 bits per heavy atom. The van der Waals surface area contributed by atoms with E-state index in [0.29, 0.717) is 63.5 Å². The zero-order chi connectivity index (χ0) is 23.6. The maximum absolute atomic E-state index is 14.0. The predicted octanol–water partition coefficient (Wildman–Crippen LogP) is 1.34. The number of rotatable bonds is 13. The molecule has 2 aromatic rings. The number of nitrogens with zero attached hydrogens (tertiary/aromatic N) is 2. The maximum atomic E-state index is 14.0. The van der Waals surface area contributed by atoms with Crippen molar-refractivity contribution in [3.63, 3.8) is 0 Å². The molecule has 1 saturated heterocycles. The number of aromatic nitrogens is 1. The Kier molecular flexibility index (Phi) is 11.9. The van der Waals surface area contributed by atoms with Gasteiger partial charge in [0.25, 0.3) is 5.91 Å². The van der Waals surface area contributed by atoms with E-state index >= 15 is 0 Å². The molecular weight excluding hydrogens is 476 g/mol. The third-order valence-corrected chi connectivity index (χ3v) is 5.26. The van der Waals surface area contributed by atoms with Gasteiger partial charge in [0.2, 0.25) is 0 Å². The summed E-state index contributed by atoms with van der Waals surface area (Å²) in [5.74, 6) is -2.02. The standard InChI is InChI=1S/C22H31F2N3O6.ClH/c1-26-19-15-18(24)17(23)14-16(19)21(20(26)22(29)27-4-2-25-3-5-27)33-13-12-32-11-10-31-9-8-30-7-6-28;/h14-15,25,28H,2-13H2,1H3;1H. The molecule has 0 bridgehead atoms. The van der Waals surface area contributed by atoms with E-state index < -0.39 is 11.6 Å². The minimum atomic E-state index is -1.00. The zero-order valence-corrected chi connectivity index (χ0v) is 20.0. The molecule has 0 atom stereocenters. The van der Waals surface area contributed by atoms with Crippen molar-refractivity contribution in [2.45, 2.75) is 0 Å². The van der Waals surface area contributed by atoms with Gasteiger partial charge in [-0.15, -0.1) is 12.4 Å². The van der Waals surface area contributed by atoms with Gasteiger partial charge in [0.15, 0.2) is 23.1 Å². The molecule has 2 heterocycles. The Morgan fingerprint density at radius 3 is 2.15 bits per heavy atom. The number of aliphatic hydroxyl groups is 1. The molecule has 1 aliphatic heterocycles. The Balaban J connectivity index is 0.00000408. The quantitative estimate of drug-likeness (QED) is 0.395. The number of amides is 1. The molecule has 3 rings (SSSR count). The van der Waals surface area contributed by atoms with Crippen LogP contribution in [-0.2, 0) is 21.3 Å². The number of fused-ring (bicyclic) bond motifs is 1. The molecule has 12 heteroatoms. The van der Waals surface area contributed by atoms with Crippen LogP contribution < -0.4 is 10.1 Å². The molecular formula is C22H32ClF2N3O6. The van der Waals surface area contributed by atoms with Gasteiger partial charge >= 0.3 is 0 Å². The van der Waals surface area contributed by atoms with Crippen molar-refractivity contribution in [3.8, 4) is 5.75 Å². The van der Waals surface area contributed by atoms with Crippen molar-refractivity contribution in [2.75, 3.05) is 79.0 Å². The van der Waals surface area contributed by atoms with Crippen LogP contribution in [-0.4, -0.2) is 99.5 Å². The molecule has 2 N–H and O–H groups in total. The number of aliphatic hydroxyl groups excluding tert-OH is 1. The second kappa shape index (κ2) is 14.4. The van der Waals surface area contributed by atoms with Crippen molar-refractivity contribution in [1.29, 1.82) is 0 Å². The Bertz CT molecular complexity index is 924. The number of carbonyl (C=O) groups is 1. The number of hydrogen-bond acceptors (Lipinski definition) is 7. The van der Waals surface area contributed by atoms with E-state index in [9.17, 15) is 13.6 Å². The Morgan fingerprint density at radius 2 is 1.53 bits per heavy atom. The first kappa shape index (κ1) is 28.2. The third kappa shape index (κ3) is 7.24. The first-order valence-corrected chi connectivity index (χ1v) is 11.0. The summed E-state index contributed by atoms with van der Waals surface area (Å²) in [6.45, 7) is 4.54. The fourth-order valence-electron chi connectivity index (χ4n) is 3.61. The number of ether oxygens (including phenoxy) is 4. The van der Waals surface area contributed by atoms with E-state index in [1.165, 1.54) is 0 Å². The normalized spacial score (nSPS) is 13.8. The highest BCUT2D eigenvalue weighted by atomic mass is 35.5. The lowest BCUT2D eigenvalue weighted by molar-refractivity contribution is 0.00361. The number of halogens is 3. The van der Waals surface area contributed by atoms with Gasteiger partial charge in [-0.3, -0.25) is 4.79 Å². The molecule has 0 spiro atoms. The molecule has 1 amide bonds. The second-order valence-electron chi connectivity index (χ2n) is 7.47. The number of piperazine rings is 1. The van der Waals surface area contributed by atoms with Gasteiger partial charge in [0.05, 0.1) is 51.8 Å². The predicted molar refractivity (Wildman–Crippen MR) is 124 cm³/mol. The molecule has 0 aliphatic carbocycles. The van der Waals surface area contributed by atoms with E-state index in [1.54, 1.807) is 16.5 Å². The van der Waals surface area contributed by atoms with Crippen molar-refractivity contribution in [2.24, 2.45) is 7.05 Å². The molecule has 1 fully saturated rings. The molecule has 34 heavy (non-hydrogen) atoms. The first-order chi connectivity index (χ1) is 16.0. The van der Waals surface area contributed by atoms with Crippen LogP contribution in [0.1, 0.15) is 10.5 Å². The lowest BCUT2D eigenvalue weighted by atomic mass is 10.2. The summed E-state index contributed by atoms with van der Waals surface area (Å²) in [5.41, 5.74) is 0.628. The van der Waals surface area contributed by atoms with Crippen LogP contribution in [0, 0.1) is 11.6 Å². The highest BCUT2D eigenvalue weighted by Gasteiger charge is 2.28. The fraction of sp³-hybridized carbons (Fsp3) is 0.591. The van der Waals surface area contributed by atoms with Gasteiger partial charge < -0.3 is 38.8 Å². The topological polar surface area (TPSA) is 94.4 Å². The first-order valence-electron chi connectivity index (χ1n) is 11.0. The van der Waals surface area contributed by atoms with Crippen LogP contribution >= 0.6 is 12.4 Å². The van der Waals surface area contributed by atoms with Crippen LogP contribution in [0.4, 0.5) is 8.78 Å². The van der Waals surface area contributed by atoms with Gasteiger partial charge in [0, 0.05) is 44.7 Å². The summed E-state index contributed by atoms with van der Waals surface area (Å²) < 4.78 is 51.2. The second-order valence-corrected chi connectivity index (χ2v) is 7.47. The van der Waals surface area contributed by atoms with E-state index in [-0.39, 0.29) is 56.2 Å². The third-order valence-electron chi connectivity index (χ3n) is 5.26. The molecule has 0 unspecified atom stereocenters. The smallest absolute Gasteiger partial charge is 0.274 e. The van der Waals surface area contributed by atoms with Crippen molar-refractivity contribution < 1.29 is 37.6 Å². The van der Waals surface area contributed by atoms with Crippen LogP contribution in [0.15, 0.2) is 12.1 Å². The average molecular weight is 508 g/mol. The van der Waals surface area contributed by atoms with E-state index in [4.69, 9.17) is 24.1 Å².